The lowest BCUT2D eigenvalue weighted by Crippen LogP contribution is -2.44. The highest BCUT2D eigenvalue weighted by molar-refractivity contribution is 6.30. The van der Waals surface area contributed by atoms with Gasteiger partial charge in [-0.3, -0.25) is 9.59 Å². The Morgan fingerprint density at radius 1 is 1.41 bits per heavy atom. The highest BCUT2D eigenvalue weighted by Crippen LogP contribution is 2.10. The maximum atomic E-state index is 11.8. The molecule has 1 aromatic carbocycles. The van der Waals surface area contributed by atoms with Gasteiger partial charge in [0.05, 0.1) is 0 Å². The van der Waals surface area contributed by atoms with Crippen molar-refractivity contribution < 1.29 is 9.59 Å². The number of carbonyl (C=O) groups excluding carboxylic acids is 2. The maximum absolute atomic E-state index is 11.8. The van der Waals surface area contributed by atoms with Crippen molar-refractivity contribution in [2.45, 2.75) is 19.9 Å². The van der Waals surface area contributed by atoms with E-state index < -0.39 is 6.04 Å². The van der Waals surface area contributed by atoms with Crippen molar-refractivity contribution in [2.75, 3.05) is 6.54 Å². The van der Waals surface area contributed by atoms with E-state index in [2.05, 4.69) is 10.6 Å². The fraction of sp³-hybridized carbons (Fsp3) is 0.333. The van der Waals surface area contributed by atoms with E-state index in [9.17, 15) is 9.59 Å². The minimum Gasteiger partial charge on any atom is -0.355 e. The van der Waals surface area contributed by atoms with Crippen LogP contribution in [0.4, 0.5) is 0 Å². The Morgan fingerprint density at radius 3 is 2.71 bits per heavy atom. The second-order valence-electron chi connectivity index (χ2n) is 3.60. The standard InChI is InChI=1S/C12H15ClN2O2/c1-3-14-11(16)8(2)15-12(17)9-5-4-6-10(13)7-9/h4-8H,3H2,1-2H3,(H,14,16)(H,15,17)/t8-/m0/s1. The molecule has 2 N–H and O–H groups in total. The first-order valence-corrected chi connectivity index (χ1v) is 5.76. The molecule has 0 heterocycles. The topological polar surface area (TPSA) is 58.2 Å². The summed E-state index contributed by atoms with van der Waals surface area (Å²) >= 11 is 5.78. The van der Waals surface area contributed by atoms with E-state index in [-0.39, 0.29) is 11.8 Å². The maximum Gasteiger partial charge on any atom is 0.251 e. The summed E-state index contributed by atoms with van der Waals surface area (Å²) in [5, 5.41) is 5.72. The summed E-state index contributed by atoms with van der Waals surface area (Å²) in [6.45, 7) is 3.99. The molecule has 0 aliphatic heterocycles. The molecule has 0 aromatic heterocycles. The van der Waals surface area contributed by atoms with E-state index >= 15 is 0 Å². The van der Waals surface area contributed by atoms with Crippen LogP contribution in [0.5, 0.6) is 0 Å². The van der Waals surface area contributed by atoms with Crippen LogP contribution < -0.4 is 10.6 Å². The Labute approximate surface area is 105 Å². The van der Waals surface area contributed by atoms with Gasteiger partial charge in [-0.1, -0.05) is 17.7 Å². The minimum absolute atomic E-state index is 0.206. The van der Waals surface area contributed by atoms with Gasteiger partial charge >= 0.3 is 0 Å². The Morgan fingerprint density at radius 2 is 2.12 bits per heavy atom. The highest BCUT2D eigenvalue weighted by Gasteiger charge is 2.15. The van der Waals surface area contributed by atoms with Crippen LogP contribution in [0.15, 0.2) is 24.3 Å². The first-order valence-electron chi connectivity index (χ1n) is 5.38. The van der Waals surface area contributed by atoms with Crippen LogP contribution in [-0.4, -0.2) is 24.4 Å². The number of rotatable bonds is 4. The molecule has 1 aromatic rings. The molecule has 5 heteroatoms. The van der Waals surface area contributed by atoms with Crippen molar-refractivity contribution >= 4 is 23.4 Å². The van der Waals surface area contributed by atoms with E-state index in [1.165, 1.54) is 0 Å². The van der Waals surface area contributed by atoms with Crippen LogP contribution in [0.3, 0.4) is 0 Å². The predicted molar refractivity (Wildman–Crippen MR) is 67.1 cm³/mol. The third kappa shape index (κ3) is 4.07. The number of hydrogen-bond acceptors (Lipinski definition) is 2. The number of benzene rings is 1. The molecule has 0 unspecified atom stereocenters. The molecule has 0 aliphatic carbocycles. The lowest BCUT2D eigenvalue weighted by molar-refractivity contribution is -0.122. The van der Waals surface area contributed by atoms with Crippen molar-refractivity contribution in [3.8, 4) is 0 Å². The molecule has 4 nitrogen and oxygen atoms in total. The average Bonchev–Trinajstić information content (AvgIpc) is 2.29. The lowest BCUT2D eigenvalue weighted by atomic mass is 10.2. The van der Waals surface area contributed by atoms with E-state index in [1.807, 2.05) is 6.92 Å². The van der Waals surface area contributed by atoms with Gasteiger partial charge in [-0.2, -0.15) is 0 Å². The molecule has 92 valence electrons. The summed E-state index contributed by atoms with van der Waals surface area (Å²) in [6.07, 6.45) is 0. The molecule has 0 radical (unpaired) electrons. The number of amides is 2. The van der Waals surface area contributed by atoms with Crippen LogP contribution in [0.25, 0.3) is 0 Å². The second kappa shape index (κ2) is 6.25. The Hall–Kier alpha value is -1.55. The summed E-state index contributed by atoms with van der Waals surface area (Å²) in [5.74, 6) is -0.519. The number of hydrogen-bond donors (Lipinski definition) is 2. The Kier molecular flexibility index (Phi) is 4.97. The van der Waals surface area contributed by atoms with E-state index in [1.54, 1.807) is 31.2 Å². The van der Waals surface area contributed by atoms with Gasteiger partial charge in [0, 0.05) is 17.1 Å². The number of likely N-dealkylation sites (N-methyl/N-ethyl adjacent to an activating group) is 1. The number of carbonyl (C=O) groups is 2. The molecule has 0 spiro atoms. The van der Waals surface area contributed by atoms with E-state index in [4.69, 9.17) is 11.6 Å². The zero-order chi connectivity index (χ0) is 12.8. The first kappa shape index (κ1) is 13.5. The molecule has 0 saturated carbocycles. The fourth-order valence-electron chi connectivity index (χ4n) is 1.30. The fourth-order valence-corrected chi connectivity index (χ4v) is 1.49. The third-order valence-corrected chi connectivity index (χ3v) is 2.41. The van der Waals surface area contributed by atoms with Crippen molar-refractivity contribution in [2.24, 2.45) is 0 Å². The summed E-state index contributed by atoms with van der Waals surface area (Å²) in [7, 11) is 0. The molecule has 0 bridgehead atoms. The largest absolute Gasteiger partial charge is 0.355 e. The lowest BCUT2D eigenvalue weighted by Gasteiger charge is -2.13. The summed E-state index contributed by atoms with van der Waals surface area (Å²) in [4.78, 5) is 23.2. The van der Waals surface area contributed by atoms with Gasteiger partial charge < -0.3 is 10.6 Å². The molecule has 1 atom stereocenters. The second-order valence-corrected chi connectivity index (χ2v) is 4.04. The normalized spacial score (nSPS) is 11.7. The van der Waals surface area contributed by atoms with Gasteiger partial charge in [0.1, 0.15) is 6.04 Å². The average molecular weight is 255 g/mol. The molecular weight excluding hydrogens is 240 g/mol. The zero-order valence-corrected chi connectivity index (χ0v) is 10.5. The molecule has 2 amide bonds. The van der Waals surface area contributed by atoms with Crippen LogP contribution in [0.1, 0.15) is 24.2 Å². The Balaban J connectivity index is 2.63. The smallest absolute Gasteiger partial charge is 0.251 e. The quantitative estimate of drug-likeness (QED) is 0.857. The summed E-state index contributed by atoms with van der Waals surface area (Å²) in [6, 6.07) is 6.01. The Bertz CT molecular complexity index is 421. The molecule has 1 rings (SSSR count). The van der Waals surface area contributed by atoms with Gasteiger partial charge in [0.25, 0.3) is 5.91 Å². The molecular formula is C12H15ClN2O2. The van der Waals surface area contributed by atoms with Crippen LogP contribution >= 0.6 is 11.6 Å². The van der Waals surface area contributed by atoms with Gasteiger partial charge in [-0.25, -0.2) is 0 Å². The highest BCUT2D eigenvalue weighted by atomic mass is 35.5. The summed E-state index contributed by atoms with van der Waals surface area (Å²) in [5.41, 5.74) is 0.439. The number of nitrogens with one attached hydrogen (secondary N) is 2. The molecule has 17 heavy (non-hydrogen) atoms. The van der Waals surface area contributed by atoms with Gasteiger partial charge in [-0.15, -0.1) is 0 Å². The van der Waals surface area contributed by atoms with Crippen molar-refractivity contribution in [3.63, 3.8) is 0 Å². The van der Waals surface area contributed by atoms with E-state index in [0.717, 1.165) is 0 Å². The SMILES string of the molecule is CCNC(=O)[C@H](C)NC(=O)c1cccc(Cl)c1. The minimum atomic E-state index is -0.568. The van der Waals surface area contributed by atoms with Crippen molar-refractivity contribution in [1.29, 1.82) is 0 Å². The zero-order valence-electron chi connectivity index (χ0n) is 9.79. The summed E-state index contributed by atoms with van der Waals surface area (Å²) < 4.78 is 0. The van der Waals surface area contributed by atoms with Gasteiger partial charge in [-0.05, 0) is 32.0 Å². The third-order valence-electron chi connectivity index (χ3n) is 2.18. The van der Waals surface area contributed by atoms with Gasteiger partial charge in [0.15, 0.2) is 0 Å². The predicted octanol–water partition coefficient (Wildman–Crippen LogP) is 1.59. The number of halogens is 1. The van der Waals surface area contributed by atoms with Crippen LogP contribution in [0, 0.1) is 0 Å². The first-order chi connectivity index (χ1) is 8.04. The monoisotopic (exact) mass is 254 g/mol. The molecule has 0 saturated heterocycles. The molecule has 0 fully saturated rings. The van der Waals surface area contributed by atoms with E-state index in [0.29, 0.717) is 17.1 Å². The molecule has 0 aliphatic rings. The van der Waals surface area contributed by atoms with Gasteiger partial charge in [0.2, 0.25) is 5.91 Å². The van der Waals surface area contributed by atoms with Crippen molar-refractivity contribution in [1.82, 2.24) is 10.6 Å². The van der Waals surface area contributed by atoms with Crippen molar-refractivity contribution in [3.05, 3.63) is 34.9 Å². The van der Waals surface area contributed by atoms with Crippen LogP contribution in [-0.2, 0) is 4.79 Å². The van der Waals surface area contributed by atoms with Crippen LogP contribution in [0.2, 0.25) is 5.02 Å².